The maximum absolute atomic E-state index is 6.14. The molecule has 0 aliphatic heterocycles. The van der Waals surface area contributed by atoms with E-state index in [2.05, 4.69) is 46.4 Å². The van der Waals surface area contributed by atoms with Crippen molar-refractivity contribution in [1.82, 2.24) is 19.6 Å². The van der Waals surface area contributed by atoms with Gasteiger partial charge >= 0.3 is 0 Å². The topological polar surface area (TPSA) is 43.1 Å². The molecule has 102 valence electrons. The molecular formula is C15H15ClN4. The van der Waals surface area contributed by atoms with E-state index in [9.17, 15) is 0 Å². The maximum atomic E-state index is 6.14. The van der Waals surface area contributed by atoms with E-state index in [0.29, 0.717) is 10.8 Å². The molecule has 0 amide bonds. The first-order valence-corrected chi connectivity index (χ1v) is 6.86. The summed E-state index contributed by atoms with van der Waals surface area (Å²) in [5.74, 6) is 0.883. The number of rotatable bonds is 2. The van der Waals surface area contributed by atoms with Gasteiger partial charge in [-0.3, -0.25) is 4.40 Å². The SMILES string of the molecule is Cc1ccc(Cc2nnc3c(Cl)nc(C)c(C)n23)cc1. The number of aryl methyl sites for hydroxylation is 3. The van der Waals surface area contributed by atoms with E-state index in [-0.39, 0.29) is 0 Å². The van der Waals surface area contributed by atoms with Crippen molar-refractivity contribution in [3.8, 4) is 0 Å². The number of nitrogens with zero attached hydrogens (tertiary/aromatic N) is 4. The molecule has 3 aromatic rings. The molecule has 0 radical (unpaired) electrons. The van der Waals surface area contributed by atoms with Crippen LogP contribution in [0, 0.1) is 20.8 Å². The van der Waals surface area contributed by atoms with Gasteiger partial charge in [0.1, 0.15) is 5.82 Å². The van der Waals surface area contributed by atoms with Crippen molar-refractivity contribution in [2.45, 2.75) is 27.2 Å². The summed E-state index contributed by atoms with van der Waals surface area (Å²) in [4.78, 5) is 4.28. The van der Waals surface area contributed by atoms with Crippen molar-refractivity contribution in [3.05, 3.63) is 57.8 Å². The molecule has 0 N–H and O–H groups in total. The second kappa shape index (κ2) is 4.87. The van der Waals surface area contributed by atoms with Gasteiger partial charge < -0.3 is 0 Å². The van der Waals surface area contributed by atoms with Gasteiger partial charge in [0.05, 0.1) is 5.69 Å². The highest BCUT2D eigenvalue weighted by molar-refractivity contribution is 6.32. The number of hydrogen-bond donors (Lipinski definition) is 0. The average Bonchev–Trinajstić information content (AvgIpc) is 2.83. The van der Waals surface area contributed by atoms with Crippen molar-refractivity contribution in [1.29, 1.82) is 0 Å². The Labute approximate surface area is 122 Å². The Balaban J connectivity index is 2.10. The number of aromatic nitrogens is 4. The lowest BCUT2D eigenvalue weighted by molar-refractivity contribution is 0.896. The van der Waals surface area contributed by atoms with Gasteiger partial charge in [0.2, 0.25) is 0 Å². The lowest BCUT2D eigenvalue weighted by atomic mass is 10.1. The highest BCUT2D eigenvalue weighted by Gasteiger charge is 2.14. The third-order valence-electron chi connectivity index (χ3n) is 3.52. The second-order valence-corrected chi connectivity index (χ2v) is 5.37. The van der Waals surface area contributed by atoms with Crippen LogP contribution in [0.4, 0.5) is 0 Å². The summed E-state index contributed by atoms with van der Waals surface area (Å²) in [6.45, 7) is 6.03. The van der Waals surface area contributed by atoms with Gasteiger partial charge in [0.25, 0.3) is 0 Å². The fourth-order valence-electron chi connectivity index (χ4n) is 2.25. The molecule has 2 aromatic heterocycles. The maximum Gasteiger partial charge on any atom is 0.198 e. The lowest BCUT2D eigenvalue weighted by Crippen LogP contribution is -2.04. The Bertz CT molecular complexity index is 775. The predicted octanol–water partition coefficient (Wildman–Crippen LogP) is 3.29. The molecule has 0 unspecified atom stereocenters. The monoisotopic (exact) mass is 286 g/mol. The third kappa shape index (κ3) is 2.16. The molecule has 4 nitrogen and oxygen atoms in total. The first-order chi connectivity index (χ1) is 9.56. The minimum atomic E-state index is 0.399. The molecule has 2 heterocycles. The molecule has 0 atom stereocenters. The van der Waals surface area contributed by atoms with Gasteiger partial charge in [0, 0.05) is 12.1 Å². The van der Waals surface area contributed by atoms with Gasteiger partial charge in [-0.2, -0.15) is 0 Å². The molecule has 5 heteroatoms. The molecule has 0 bridgehead atoms. The second-order valence-electron chi connectivity index (χ2n) is 5.01. The van der Waals surface area contributed by atoms with Crippen LogP contribution in [0.5, 0.6) is 0 Å². The Hall–Kier alpha value is -1.94. The van der Waals surface area contributed by atoms with E-state index in [1.807, 2.05) is 18.2 Å². The van der Waals surface area contributed by atoms with E-state index in [4.69, 9.17) is 11.6 Å². The van der Waals surface area contributed by atoms with Crippen LogP contribution in [0.25, 0.3) is 5.65 Å². The fraction of sp³-hybridized carbons (Fsp3) is 0.267. The molecule has 0 spiro atoms. The van der Waals surface area contributed by atoms with Gasteiger partial charge in [0.15, 0.2) is 10.8 Å². The van der Waals surface area contributed by atoms with E-state index in [0.717, 1.165) is 23.6 Å². The number of benzene rings is 1. The summed E-state index contributed by atoms with van der Waals surface area (Å²) >= 11 is 6.14. The van der Waals surface area contributed by atoms with Crippen molar-refractivity contribution >= 4 is 17.2 Å². The van der Waals surface area contributed by atoms with Gasteiger partial charge in [-0.1, -0.05) is 41.4 Å². The van der Waals surface area contributed by atoms with Crippen molar-refractivity contribution in [3.63, 3.8) is 0 Å². The smallest absolute Gasteiger partial charge is 0.198 e. The quantitative estimate of drug-likeness (QED) is 0.726. The minimum absolute atomic E-state index is 0.399. The number of hydrogen-bond acceptors (Lipinski definition) is 3. The summed E-state index contributed by atoms with van der Waals surface area (Å²) in [5, 5.41) is 8.82. The van der Waals surface area contributed by atoms with Gasteiger partial charge in [-0.05, 0) is 26.3 Å². The molecule has 0 aliphatic rings. The fourth-order valence-corrected chi connectivity index (χ4v) is 2.49. The first-order valence-electron chi connectivity index (χ1n) is 6.48. The molecular weight excluding hydrogens is 272 g/mol. The minimum Gasteiger partial charge on any atom is -0.279 e. The summed E-state index contributed by atoms with van der Waals surface area (Å²) in [5.41, 5.74) is 5.00. The van der Waals surface area contributed by atoms with E-state index >= 15 is 0 Å². The zero-order chi connectivity index (χ0) is 14.3. The van der Waals surface area contributed by atoms with Crippen LogP contribution < -0.4 is 0 Å². The molecule has 20 heavy (non-hydrogen) atoms. The van der Waals surface area contributed by atoms with Crippen LogP contribution in [-0.4, -0.2) is 19.6 Å². The molecule has 3 rings (SSSR count). The Morgan fingerprint density at radius 2 is 1.75 bits per heavy atom. The molecule has 1 aromatic carbocycles. The van der Waals surface area contributed by atoms with Crippen molar-refractivity contribution < 1.29 is 0 Å². The highest BCUT2D eigenvalue weighted by atomic mass is 35.5. The average molecular weight is 287 g/mol. The summed E-state index contributed by atoms with van der Waals surface area (Å²) in [6, 6.07) is 8.43. The van der Waals surface area contributed by atoms with Crippen LogP contribution in [0.1, 0.15) is 28.3 Å². The molecule has 0 fully saturated rings. The zero-order valence-electron chi connectivity index (χ0n) is 11.7. The Morgan fingerprint density at radius 1 is 1.05 bits per heavy atom. The third-order valence-corrected chi connectivity index (χ3v) is 3.78. The number of halogens is 1. The molecule has 0 saturated carbocycles. The summed E-state index contributed by atoms with van der Waals surface area (Å²) in [6.07, 6.45) is 0.724. The van der Waals surface area contributed by atoms with Crippen LogP contribution in [0.2, 0.25) is 5.15 Å². The number of fused-ring (bicyclic) bond motifs is 1. The normalized spacial score (nSPS) is 11.2. The first kappa shape index (κ1) is 13.1. The van der Waals surface area contributed by atoms with Crippen molar-refractivity contribution in [2.24, 2.45) is 0 Å². The van der Waals surface area contributed by atoms with E-state index < -0.39 is 0 Å². The molecule has 0 aliphatic carbocycles. The van der Waals surface area contributed by atoms with Crippen molar-refractivity contribution in [2.75, 3.05) is 0 Å². The van der Waals surface area contributed by atoms with E-state index in [1.54, 1.807) is 0 Å². The van der Waals surface area contributed by atoms with Crippen LogP contribution in [-0.2, 0) is 6.42 Å². The highest BCUT2D eigenvalue weighted by Crippen LogP contribution is 2.19. The van der Waals surface area contributed by atoms with Crippen LogP contribution >= 0.6 is 11.6 Å². The van der Waals surface area contributed by atoms with E-state index in [1.165, 1.54) is 11.1 Å². The van der Waals surface area contributed by atoms with Gasteiger partial charge in [-0.25, -0.2) is 4.98 Å². The summed E-state index contributed by atoms with van der Waals surface area (Å²) < 4.78 is 1.99. The predicted molar refractivity (Wildman–Crippen MR) is 79.3 cm³/mol. The lowest BCUT2D eigenvalue weighted by Gasteiger charge is -2.07. The zero-order valence-corrected chi connectivity index (χ0v) is 12.4. The Kier molecular flexibility index (Phi) is 3.18. The Morgan fingerprint density at radius 3 is 2.45 bits per heavy atom. The van der Waals surface area contributed by atoms with Crippen LogP contribution in [0.15, 0.2) is 24.3 Å². The summed E-state index contributed by atoms with van der Waals surface area (Å²) in [7, 11) is 0. The largest absolute Gasteiger partial charge is 0.279 e. The van der Waals surface area contributed by atoms with Gasteiger partial charge in [-0.15, -0.1) is 10.2 Å². The van der Waals surface area contributed by atoms with Crippen LogP contribution in [0.3, 0.4) is 0 Å². The standard InChI is InChI=1S/C15H15ClN4/c1-9-4-6-12(7-5-9)8-13-18-19-15-14(16)17-10(2)11(3)20(13)15/h4-7H,8H2,1-3H3. The molecule has 0 saturated heterocycles.